The molecule has 0 aliphatic carbocycles. The monoisotopic (exact) mass is 350 g/mol. The Hall–Kier alpha value is -1.79. The van der Waals surface area contributed by atoms with Crippen molar-refractivity contribution in [2.45, 2.75) is 26.8 Å². The predicted molar refractivity (Wildman–Crippen MR) is 92.2 cm³/mol. The van der Waals surface area contributed by atoms with Crippen molar-refractivity contribution in [1.82, 2.24) is 19.4 Å². The second kappa shape index (κ2) is 6.99. The molecule has 7 heteroatoms. The van der Waals surface area contributed by atoms with Crippen molar-refractivity contribution in [3.8, 4) is 0 Å². The van der Waals surface area contributed by atoms with Gasteiger partial charge in [0.25, 0.3) is 5.91 Å². The van der Waals surface area contributed by atoms with Crippen LogP contribution >= 0.6 is 11.6 Å². The summed E-state index contributed by atoms with van der Waals surface area (Å²) in [4.78, 5) is 21.3. The zero-order valence-electron chi connectivity index (χ0n) is 14.4. The first-order valence-electron chi connectivity index (χ1n) is 8.21. The summed E-state index contributed by atoms with van der Waals surface area (Å²) in [7, 11) is 2.05. The van der Waals surface area contributed by atoms with Gasteiger partial charge in [-0.2, -0.15) is 0 Å². The highest BCUT2D eigenvalue weighted by molar-refractivity contribution is 6.29. The van der Waals surface area contributed by atoms with Crippen molar-refractivity contribution in [2.24, 2.45) is 7.05 Å². The standard InChI is InChI=1S/C17H23ClN4O2/c1-12-13(2)20(3)16(19-12)11-21-7-4-8-22(10-9-21)17(23)14-5-6-15(18)24-14/h5-6H,4,7-11H2,1-3H3. The molecular weight excluding hydrogens is 328 g/mol. The van der Waals surface area contributed by atoms with E-state index in [1.807, 2.05) is 11.8 Å². The highest BCUT2D eigenvalue weighted by atomic mass is 35.5. The largest absolute Gasteiger partial charge is 0.440 e. The van der Waals surface area contributed by atoms with Crippen LogP contribution < -0.4 is 0 Å². The van der Waals surface area contributed by atoms with E-state index in [9.17, 15) is 4.79 Å². The average Bonchev–Trinajstić information content (AvgIpc) is 2.98. The van der Waals surface area contributed by atoms with Crippen LogP contribution in [0.15, 0.2) is 16.5 Å². The van der Waals surface area contributed by atoms with E-state index in [0.717, 1.165) is 44.1 Å². The Morgan fingerprint density at radius 2 is 2.04 bits per heavy atom. The lowest BCUT2D eigenvalue weighted by molar-refractivity contribution is 0.0729. The van der Waals surface area contributed by atoms with E-state index >= 15 is 0 Å². The Balaban J connectivity index is 1.62. The minimum Gasteiger partial charge on any atom is -0.440 e. The molecule has 0 bridgehead atoms. The zero-order chi connectivity index (χ0) is 17.3. The molecule has 0 spiro atoms. The molecule has 0 aromatic carbocycles. The van der Waals surface area contributed by atoms with Crippen molar-refractivity contribution in [2.75, 3.05) is 26.2 Å². The molecule has 0 saturated carbocycles. The molecule has 2 aromatic rings. The van der Waals surface area contributed by atoms with Crippen LogP contribution in [0.2, 0.25) is 5.22 Å². The van der Waals surface area contributed by atoms with Gasteiger partial charge in [-0.3, -0.25) is 9.69 Å². The van der Waals surface area contributed by atoms with Crippen LogP contribution in [0.25, 0.3) is 0 Å². The Morgan fingerprint density at radius 3 is 2.67 bits per heavy atom. The fourth-order valence-corrected chi connectivity index (χ4v) is 3.19. The minimum absolute atomic E-state index is 0.0903. The third-order valence-electron chi connectivity index (χ3n) is 4.74. The number of nitrogens with zero attached hydrogens (tertiary/aromatic N) is 4. The number of imidazole rings is 1. The van der Waals surface area contributed by atoms with Crippen LogP contribution in [0.4, 0.5) is 0 Å². The first-order valence-corrected chi connectivity index (χ1v) is 8.59. The molecule has 1 fully saturated rings. The number of furan rings is 1. The maximum absolute atomic E-state index is 12.5. The Bertz CT molecular complexity index is 737. The fraction of sp³-hybridized carbons (Fsp3) is 0.529. The SMILES string of the molecule is Cc1nc(CN2CCCN(C(=O)c3ccc(Cl)o3)CC2)n(C)c1C. The third-order valence-corrected chi connectivity index (χ3v) is 4.94. The van der Waals surface area contributed by atoms with Crippen LogP contribution in [0.3, 0.4) is 0 Å². The predicted octanol–water partition coefficient (Wildman–Crippen LogP) is 2.63. The number of hydrogen-bond donors (Lipinski definition) is 0. The summed E-state index contributed by atoms with van der Waals surface area (Å²) in [6.07, 6.45) is 0.933. The van der Waals surface area contributed by atoms with Crippen LogP contribution in [0.1, 0.15) is 34.2 Å². The number of rotatable bonds is 3. The molecule has 1 aliphatic heterocycles. The fourth-order valence-electron chi connectivity index (χ4n) is 3.04. The molecule has 2 aromatic heterocycles. The summed E-state index contributed by atoms with van der Waals surface area (Å²) in [5, 5.41) is 0.246. The van der Waals surface area contributed by atoms with Crippen molar-refractivity contribution < 1.29 is 9.21 Å². The summed E-state index contributed by atoms with van der Waals surface area (Å²) < 4.78 is 7.39. The average molecular weight is 351 g/mol. The van der Waals surface area contributed by atoms with Crippen LogP contribution in [0.5, 0.6) is 0 Å². The Kier molecular flexibility index (Phi) is 4.96. The lowest BCUT2D eigenvalue weighted by Gasteiger charge is -2.21. The van der Waals surface area contributed by atoms with Crippen molar-refractivity contribution in [3.63, 3.8) is 0 Å². The molecule has 1 aliphatic rings. The second-order valence-electron chi connectivity index (χ2n) is 6.28. The van der Waals surface area contributed by atoms with Gasteiger partial charge in [-0.1, -0.05) is 0 Å². The number of carbonyl (C=O) groups excluding carboxylic acids is 1. The van der Waals surface area contributed by atoms with Crippen molar-refractivity contribution in [3.05, 3.63) is 40.3 Å². The molecule has 24 heavy (non-hydrogen) atoms. The van der Waals surface area contributed by atoms with Gasteiger partial charge < -0.3 is 13.9 Å². The van der Waals surface area contributed by atoms with Crippen LogP contribution in [-0.4, -0.2) is 51.4 Å². The number of carbonyl (C=O) groups is 1. The van der Waals surface area contributed by atoms with Gasteiger partial charge in [0.1, 0.15) is 5.82 Å². The van der Waals surface area contributed by atoms with Gasteiger partial charge in [0.15, 0.2) is 11.0 Å². The van der Waals surface area contributed by atoms with E-state index in [1.165, 1.54) is 5.69 Å². The van der Waals surface area contributed by atoms with E-state index in [4.69, 9.17) is 16.0 Å². The minimum atomic E-state index is -0.0903. The molecular formula is C17H23ClN4O2. The van der Waals surface area contributed by atoms with E-state index < -0.39 is 0 Å². The molecule has 1 amide bonds. The maximum atomic E-state index is 12.5. The summed E-state index contributed by atoms with van der Waals surface area (Å²) in [5.41, 5.74) is 2.28. The first-order chi connectivity index (χ1) is 11.5. The van der Waals surface area contributed by atoms with E-state index in [1.54, 1.807) is 12.1 Å². The zero-order valence-corrected chi connectivity index (χ0v) is 15.1. The number of amides is 1. The lowest BCUT2D eigenvalue weighted by Crippen LogP contribution is -2.35. The molecule has 0 N–H and O–H groups in total. The number of halogens is 1. The quantitative estimate of drug-likeness (QED) is 0.854. The van der Waals surface area contributed by atoms with Crippen molar-refractivity contribution >= 4 is 17.5 Å². The smallest absolute Gasteiger partial charge is 0.289 e. The van der Waals surface area contributed by atoms with Gasteiger partial charge in [0.2, 0.25) is 0 Å². The molecule has 130 valence electrons. The third kappa shape index (κ3) is 3.49. The lowest BCUT2D eigenvalue weighted by atomic mass is 10.3. The molecule has 0 unspecified atom stereocenters. The summed E-state index contributed by atoms with van der Waals surface area (Å²) >= 11 is 5.76. The highest BCUT2D eigenvalue weighted by Gasteiger charge is 2.23. The Labute approximate surface area is 147 Å². The molecule has 1 saturated heterocycles. The van der Waals surface area contributed by atoms with Crippen molar-refractivity contribution in [1.29, 1.82) is 0 Å². The van der Waals surface area contributed by atoms with E-state index in [0.29, 0.717) is 12.3 Å². The number of aromatic nitrogens is 2. The molecule has 3 heterocycles. The first kappa shape index (κ1) is 17.0. The summed E-state index contributed by atoms with van der Waals surface area (Å²) in [6.45, 7) is 8.11. The topological polar surface area (TPSA) is 54.5 Å². The van der Waals surface area contributed by atoms with Gasteiger partial charge in [-0.15, -0.1) is 0 Å². The van der Waals surface area contributed by atoms with Gasteiger partial charge in [0.05, 0.1) is 12.2 Å². The van der Waals surface area contributed by atoms with Crippen LogP contribution in [-0.2, 0) is 13.6 Å². The van der Waals surface area contributed by atoms with Gasteiger partial charge in [-0.05, 0) is 44.0 Å². The normalized spacial score (nSPS) is 16.4. The molecule has 0 radical (unpaired) electrons. The van der Waals surface area contributed by atoms with Crippen LogP contribution in [0, 0.1) is 13.8 Å². The summed E-state index contributed by atoms with van der Waals surface area (Å²) in [6, 6.07) is 3.23. The Morgan fingerprint density at radius 1 is 1.25 bits per heavy atom. The maximum Gasteiger partial charge on any atom is 0.289 e. The highest BCUT2D eigenvalue weighted by Crippen LogP contribution is 2.17. The van der Waals surface area contributed by atoms with Gasteiger partial charge in [0, 0.05) is 38.9 Å². The summed E-state index contributed by atoms with van der Waals surface area (Å²) in [5.74, 6) is 1.29. The molecule has 3 rings (SSSR count). The molecule has 6 nitrogen and oxygen atoms in total. The van der Waals surface area contributed by atoms with Gasteiger partial charge >= 0.3 is 0 Å². The van der Waals surface area contributed by atoms with E-state index in [2.05, 4.69) is 28.4 Å². The second-order valence-corrected chi connectivity index (χ2v) is 6.66. The number of aryl methyl sites for hydroxylation is 1. The van der Waals surface area contributed by atoms with E-state index in [-0.39, 0.29) is 11.1 Å². The number of hydrogen-bond acceptors (Lipinski definition) is 4. The van der Waals surface area contributed by atoms with Gasteiger partial charge in [-0.25, -0.2) is 4.98 Å². The molecule has 0 atom stereocenters.